The maximum atomic E-state index is 6.09. The molecule has 1 saturated heterocycles. The van der Waals surface area contributed by atoms with Gasteiger partial charge in [-0.05, 0) is 18.3 Å². The maximum Gasteiger partial charge on any atom is 0.255 e. The standard InChI is InChI=1S/C14H20ClN5/c1-3-14(4-2)5-7-19(8-6-14)12-9-11(15)18-13-16-10-17-20(12)13/h9-10H,3-8H2,1-2H3. The molecule has 108 valence electrons. The van der Waals surface area contributed by atoms with Crippen LogP contribution in [0.5, 0.6) is 0 Å². The van der Waals surface area contributed by atoms with E-state index in [1.807, 2.05) is 6.07 Å². The highest BCUT2D eigenvalue weighted by atomic mass is 35.5. The molecule has 3 rings (SSSR count). The van der Waals surface area contributed by atoms with E-state index in [0.29, 0.717) is 16.3 Å². The Kier molecular flexibility index (Phi) is 3.54. The van der Waals surface area contributed by atoms with Gasteiger partial charge in [0.05, 0.1) is 0 Å². The van der Waals surface area contributed by atoms with Gasteiger partial charge in [-0.2, -0.15) is 19.6 Å². The molecular formula is C14H20ClN5. The van der Waals surface area contributed by atoms with Crippen LogP contribution in [0.15, 0.2) is 12.4 Å². The first-order chi connectivity index (χ1) is 9.67. The van der Waals surface area contributed by atoms with Crippen molar-refractivity contribution in [2.24, 2.45) is 5.41 Å². The average Bonchev–Trinajstić information content (AvgIpc) is 2.94. The van der Waals surface area contributed by atoms with Crippen LogP contribution in [0.1, 0.15) is 39.5 Å². The third kappa shape index (κ3) is 2.24. The average molecular weight is 294 g/mol. The van der Waals surface area contributed by atoms with Crippen molar-refractivity contribution in [3.05, 3.63) is 17.5 Å². The van der Waals surface area contributed by atoms with Gasteiger partial charge in [0.15, 0.2) is 0 Å². The van der Waals surface area contributed by atoms with Crippen LogP contribution in [0.4, 0.5) is 5.82 Å². The van der Waals surface area contributed by atoms with Gasteiger partial charge in [0, 0.05) is 19.2 Å². The van der Waals surface area contributed by atoms with Gasteiger partial charge in [0.1, 0.15) is 17.3 Å². The Morgan fingerprint density at radius 2 is 1.95 bits per heavy atom. The number of aromatic nitrogens is 4. The number of hydrogen-bond acceptors (Lipinski definition) is 4. The fraction of sp³-hybridized carbons (Fsp3) is 0.643. The van der Waals surface area contributed by atoms with Crippen molar-refractivity contribution >= 4 is 23.2 Å². The van der Waals surface area contributed by atoms with Crippen molar-refractivity contribution in [2.45, 2.75) is 39.5 Å². The maximum absolute atomic E-state index is 6.09. The summed E-state index contributed by atoms with van der Waals surface area (Å²) in [5, 5.41) is 4.73. The van der Waals surface area contributed by atoms with Gasteiger partial charge in [-0.15, -0.1) is 0 Å². The molecule has 0 saturated carbocycles. The molecule has 0 spiro atoms. The van der Waals surface area contributed by atoms with Gasteiger partial charge < -0.3 is 4.90 Å². The highest BCUT2D eigenvalue weighted by Gasteiger charge is 2.32. The van der Waals surface area contributed by atoms with E-state index in [2.05, 4.69) is 33.8 Å². The molecule has 1 aliphatic heterocycles. The molecule has 6 heteroatoms. The fourth-order valence-corrected chi connectivity index (χ4v) is 3.33. The van der Waals surface area contributed by atoms with Crippen molar-refractivity contribution in [1.82, 2.24) is 19.6 Å². The summed E-state index contributed by atoms with van der Waals surface area (Å²) in [6.07, 6.45) is 6.47. The molecule has 3 heterocycles. The molecule has 0 bridgehead atoms. The summed E-state index contributed by atoms with van der Waals surface area (Å²) in [4.78, 5) is 10.7. The third-order valence-corrected chi connectivity index (χ3v) is 5.04. The van der Waals surface area contributed by atoms with Gasteiger partial charge in [-0.3, -0.25) is 0 Å². The summed E-state index contributed by atoms with van der Waals surface area (Å²) in [6.45, 7) is 6.68. The second-order valence-corrected chi connectivity index (χ2v) is 5.99. The van der Waals surface area contributed by atoms with Crippen LogP contribution < -0.4 is 4.90 Å². The lowest BCUT2D eigenvalue weighted by molar-refractivity contribution is 0.199. The second-order valence-electron chi connectivity index (χ2n) is 5.60. The van der Waals surface area contributed by atoms with Crippen LogP contribution in [0, 0.1) is 5.41 Å². The van der Waals surface area contributed by atoms with Crippen molar-refractivity contribution < 1.29 is 0 Å². The molecule has 0 aromatic carbocycles. The molecule has 1 fully saturated rings. The first-order valence-corrected chi connectivity index (χ1v) is 7.66. The number of halogens is 1. The van der Waals surface area contributed by atoms with Gasteiger partial charge >= 0.3 is 0 Å². The molecular weight excluding hydrogens is 274 g/mol. The van der Waals surface area contributed by atoms with Crippen LogP contribution in [-0.2, 0) is 0 Å². The molecule has 0 aliphatic carbocycles. The smallest absolute Gasteiger partial charge is 0.255 e. The van der Waals surface area contributed by atoms with Crippen molar-refractivity contribution in [2.75, 3.05) is 18.0 Å². The zero-order valence-corrected chi connectivity index (χ0v) is 12.8. The van der Waals surface area contributed by atoms with Crippen molar-refractivity contribution in [3.8, 4) is 0 Å². The monoisotopic (exact) mass is 293 g/mol. The van der Waals surface area contributed by atoms with E-state index in [0.717, 1.165) is 18.9 Å². The van der Waals surface area contributed by atoms with Crippen LogP contribution in [0.2, 0.25) is 5.15 Å². The highest BCUT2D eigenvalue weighted by Crippen LogP contribution is 2.39. The fourth-order valence-electron chi connectivity index (χ4n) is 3.16. The zero-order chi connectivity index (χ0) is 14.2. The summed E-state index contributed by atoms with van der Waals surface area (Å²) >= 11 is 6.09. The summed E-state index contributed by atoms with van der Waals surface area (Å²) in [5.41, 5.74) is 0.509. The van der Waals surface area contributed by atoms with Gasteiger partial charge in [-0.1, -0.05) is 38.3 Å². The Balaban J connectivity index is 1.88. The minimum atomic E-state index is 0.475. The van der Waals surface area contributed by atoms with E-state index in [1.54, 1.807) is 4.52 Å². The molecule has 2 aromatic heterocycles. The van der Waals surface area contributed by atoms with Gasteiger partial charge in [0.2, 0.25) is 0 Å². The van der Waals surface area contributed by atoms with E-state index in [-0.39, 0.29) is 0 Å². The second kappa shape index (κ2) is 5.20. The molecule has 0 amide bonds. The first-order valence-electron chi connectivity index (χ1n) is 7.29. The Hall–Kier alpha value is -1.36. The highest BCUT2D eigenvalue weighted by molar-refractivity contribution is 6.29. The molecule has 0 radical (unpaired) electrons. The molecule has 2 aromatic rings. The van der Waals surface area contributed by atoms with Crippen LogP contribution in [0.25, 0.3) is 5.78 Å². The molecule has 0 unspecified atom stereocenters. The molecule has 0 N–H and O–H groups in total. The first kappa shape index (κ1) is 13.6. The van der Waals surface area contributed by atoms with Gasteiger partial charge in [-0.25, -0.2) is 0 Å². The van der Waals surface area contributed by atoms with E-state index < -0.39 is 0 Å². The Morgan fingerprint density at radius 1 is 1.25 bits per heavy atom. The number of hydrogen-bond donors (Lipinski definition) is 0. The van der Waals surface area contributed by atoms with E-state index in [9.17, 15) is 0 Å². The van der Waals surface area contributed by atoms with Crippen LogP contribution in [0.3, 0.4) is 0 Å². The third-order valence-electron chi connectivity index (χ3n) is 4.85. The number of fused-ring (bicyclic) bond motifs is 1. The predicted octanol–water partition coefficient (Wildman–Crippen LogP) is 3.18. The zero-order valence-electron chi connectivity index (χ0n) is 12.0. The van der Waals surface area contributed by atoms with Crippen LogP contribution in [-0.4, -0.2) is 32.7 Å². The lowest BCUT2D eigenvalue weighted by Gasteiger charge is -2.41. The number of rotatable bonds is 3. The van der Waals surface area contributed by atoms with E-state index in [1.165, 1.54) is 32.0 Å². The largest absolute Gasteiger partial charge is 0.356 e. The minimum Gasteiger partial charge on any atom is -0.356 e. The Morgan fingerprint density at radius 3 is 2.60 bits per heavy atom. The lowest BCUT2D eigenvalue weighted by atomic mass is 9.74. The van der Waals surface area contributed by atoms with Crippen molar-refractivity contribution in [3.63, 3.8) is 0 Å². The molecule has 1 aliphatic rings. The quantitative estimate of drug-likeness (QED) is 0.816. The number of nitrogens with zero attached hydrogens (tertiary/aromatic N) is 5. The van der Waals surface area contributed by atoms with E-state index in [4.69, 9.17) is 11.6 Å². The summed E-state index contributed by atoms with van der Waals surface area (Å²) in [5.74, 6) is 1.56. The molecule has 0 atom stereocenters. The minimum absolute atomic E-state index is 0.475. The normalized spacial score (nSPS) is 18.6. The predicted molar refractivity (Wildman–Crippen MR) is 80.3 cm³/mol. The number of anilines is 1. The lowest BCUT2D eigenvalue weighted by Crippen LogP contribution is -2.40. The molecule has 5 nitrogen and oxygen atoms in total. The SMILES string of the molecule is CCC1(CC)CCN(c2cc(Cl)nc3ncnn23)CC1. The summed E-state index contributed by atoms with van der Waals surface area (Å²) in [7, 11) is 0. The molecule has 20 heavy (non-hydrogen) atoms. The van der Waals surface area contributed by atoms with Crippen LogP contribution >= 0.6 is 11.6 Å². The van der Waals surface area contributed by atoms with E-state index >= 15 is 0 Å². The van der Waals surface area contributed by atoms with Crippen molar-refractivity contribution in [1.29, 1.82) is 0 Å². The summed E-state index contributed by atoms with van der Waals surface area (Å²) < 4.78 is 1.77. The number of piperidine rings is 1. The van der Waals surface area contributed by atoms with Gasteiger partial charge in [0.25, 0.3) is 5.78 Å². The Bertz CT molecular complexity index is 595. The Labute approximate surface area is 124 Å². The summed E-state index contributed by atoms with van der Waals surface area (Å²) in [6, 6.07) is 1.88. The topological polar surface area (TPSA) is 46.3 Å².